The molecular formula is C12H7Br2NO4. The van der Waals surface area contributed by atoms with Crippen LogP contribution in [0.25, 0.3) is 0 Å². The molecule has 5 nitrogen and oxygen atoms in total. The van der Waals surface area contributed by atoms with Crippen molar-refractivity contribution in [1.82, 2.24) is 0 Å². The van der Waals surface area contributed by atoms with Gasteiger partial charge < -0.3 is 5.11 Å². The van der Waals surface area contributed by atoms with Gasteiger partial charge in [-0.3, -0.25) is 9.59 Å². The Balaban J connectivity index is 2.17. The van der Waals surface area contributed by atoms with Gasteiger partial charge in [0.25, 0.3) is 0 Å². The Hall–Kier alpha value is -1.21. The number of fused-ring (bicyclic) bond motifs is 1. The number of amides is 2. The molecule has 1 aromatic rings. The molecule has 7 heteroatoms. The van der Waals surface area contributed by atoms with Crippen molar-refractivity contribution in [1.29, 1.82) is 0 Å². The first-order chi connectivity index (χ1) is 8.91. The van der Waals surface area contributed by atoms with Crippen LogP contribution in [0.4, 0.5) is 5.69 Å². The molecule has 1 aliphatic carbocycles. The first-order valence-corrected chi connectivity index (χ1v) is 7.10. The average Bonchev–Trinajstić information content (AvgIpc) is 3.06. The number of nitrogens with zero attached hydrogens (tertiary/aromatic N) is 1. The summed E-state index contributed by atoms with van der Waals surface area (Å²) in [5, 5.41) is 9.23. The minimum absolute atomic E-state index is 0.0794. The van der Waals surface area contributed by atoms with Crippen molar-refractivity contribution >= 4 is 55.3 Å². The van der Waals surface area contributed by atoms with Crippen LogP contribution >= 0.6 is 31.9 Å². The number of carboxylic acids is 1. The normalized spacial score (nSPS) is 24.6. The molecule has 98 valence electrons. The molecule has 1 saturated heterocycles. The largest absolute Gasteiger partial charge is 0.478 e. The van der Waals surface area contributed by atoms with Gasteiger partial charge in [0.05, 0.1) is 23.1 Å². The highest BCUT2D eigenvalue weighted by Gasteiger charge is 2.60. The molecule has 2 atom stereocenters. The monoisotopic (exact) mass is 387 g/mol. The SMILES string of the molecule is O=C(O)c1cc(Br)cc(Br)c1N1C(=O)C2CC2C1=O. The van der Waals surface area contributed by atoms with E-state index in [1.807, 2.05) is 0 Å². The maximum absolute atomic E-state index is 12.0. The van der Waals surface area contributed by atoms with E-state index in [-0.39, 0.29) is 34.9 Å². The van der Waals surface area contributed by atoms with Gasteiger partial charge in [-0.1, -0.05) is 15.9 Å². The molecule has 0 aromatic heterocycles. The molecule has 2 unspecified atom stereocenters. The van der Waals surface area contributed by atoms with E-state index < -0.39 is 5.97 Å². The maximum atomic E-state index is 12.0. The number of anilines is 1. The van der Waals surface area contributed by atoms with Gasteiger partial charge in [-0.05, 0) is 34.5 Å². The Kier molecular flexibility index (Phi) is 2.79. The van der Waals surface area contributed by atoms with Crippen LogP contribution in [0, 0.1) is 11.8 Å². The summed E-state index contributed by atoms with van der Waals surface area (Å²) in [5.74, 6) is -2.31. The van der Waals surface area contributed by atoms with Crippen LogP contribution in [0.2, 0.25) is 0 Å². The lowest BCUT2D eigenvalue weighted by Crippen LogP contribution is -2.34. The zero-order valence-corrected chi connectivity index (χ0v) is 12.6. The van der Waals surface area contributed by atoms with Gasteiger partial charge in [0.1, 0.15) is 0 Å². The third-order valence-electron chi connectivity index (χ3n) is 3.35. The highest BCUT2D eigenvalue weighted by Crippen LogP contribution is 2.50. The highest BCUT2D eigenvalue weighted by molar-refractivity contribution is 9.11. The number of rotatable bonds is 2. The number of carbonyl (C=O) groups excluding carboxylic acids is 2. The summed E-state index contributed by atoms with van der Waals surface area (Å²) in [6.07, 6.45) is 0.588. The lowest BCUT2D eigenvalue weighted by molar-refractivity contribution is -0.123. The Morgan fingerprint density at radius 3 is 2.32 bits per heavy atom. The number of benzene rings is 1. The lowest BCUT2D eigenvalue weighted by atomic mass is 10.1. The number of piperidine rings is 1. The van der Waals surface area contributed by atoms with Crippen molar-refractivity contribution < 1.29 is 19.5 Å². The van der Waals surface area contributed by atoms with Crippen LogP contribution in [-0.2, 0) is 9.59 Å². The third-order valence-corrected chi connectivity index (χ3v) is 4.41. The van der Waals surface area contributed by atoms with Gasteiger partial charge in [0, 0.05) is 8.95 Å². The minimum Gasteiger partial charge on any atom is -0.478 e. The Morgan fingerprint density at radius 2 is 1.79 bits per heavy atom. The maximum Gasteiger partial charge on any atom is 0.337 e. The van der Waals surface area contributed by atoms with Crippen molar-refractivity contribution in [2.24, 2.45) is 11.8 Å². The second kappa shape index (κ2) is 4.14. The molecule has 1 heterocycles. The summed E-state index contributed by atoms with van der Waals surface area (Å²) in [6.45, 7) is 0. The molecule has 1 aliphatic heterocycles. The van der Waals surface area contributed by atoms with E-state index >= 15 is 0 Å². The number of carbonyl (C=O) groups is 3. The van der Waals surface area contributed by atoms with Crippen LogP contribution in [0.1, 0.15) is 16.8 Å². The van der Waals surface area contributed by atoms with E-state index in [4.69, 9.17) is 0 Å². The van der Waals surface area contributed by atoms with Crippen LogP contribution < -0.4 is 4.90 Å². The lowest BCUT2D eigenvalue weighted by Gasteiger charge is -2.20. The number of halogens is 2. The third kappa shape index (κ3) is 1.83. The molecule has 1 N–H and O–H groups in total. The molecule has 0 spiro atoms. The van der Waals surface area contributed by atoms with Gasteiger partial charge in [0.15, 0.2) is 0 Å². The van der Waals surface area contributed by atoms with E-state index in [9.17, 15) is 19.5 Å². The summed E-state index contributed by atoms with van der Waals surface area (Å²) in [6, 6.07) is 3.00. The van der Waals surface area contributed by atoms with Gasteiger partial charge in [-0.15, -0.1) is 0 Å². The second-order valence-electron chi connectivity index (χ2n) is 4.55. The zero-order chi connectivity index (χ0) is 13.9. The zero-order valence-electron chi connectivity index (χ0n) is 9.39. The molecule has 1 saturated carbocycles. The van der Waals surface area contributed by atoms with Gasteiger partial charge >= 0.3 is 5.97 Å². The smallest absolute Gasteiger partial charge is 0.337 e. The van der Waals surface area contributed by atoms with Crippen LogP contribution in [0.3, 0.4) is 0 Å². The van der Waals surface area contributed by atoms with Crippen molar-refractivity contribution in [3.63, 3.8) is 0 Å². The fourth-order valence-electron chi connectivity index (χ4n) is 2.36. The van der Waals surface area contributed by atoms with Crippen LogP contribution in [-0.4, -0.2) is 22.9 Å². The molecular weight excluding hydrogens is 382 g/mol. The number of aromatic carboxylic acids is 1. The number of hydrogen-bond acceptors (Lipinski definition) is 3. The van der Waals surface area contributed by atoms with Crippen molar-refractivity contribution in [3.8, 4) is 0 Å². The summed E-state index contributed by atoms with van der Waals surface area (Å²) in [5.41, 5.74) is 0.0437. The number of imide groups is 1. The second-order valence-corrected chi connectivity index (χ2v) is 6.32. The minimum atomic E-state index is -1.18. The first kappa shape index (κ1) is 12.8. The molecule has 0 bridgehead atoms. The fourth-order valence-corrected chi connectivity index (χ4v) is 3.76. The summed E-state index contributed by atoms with van der Waals surface area (Å²) < 4.78 is 0.965. The predicted molar refractivity (Wildman–Crippen MR) is 72.9 cm³/mol. The molecule has 2 amide bonds. The first-order valence-electron chi connectivity index (χ1n) is 5.52. The molecule has 1 aromatic carbocycles. The van der Waals surface area contributed by atoms with Gasteiger partial charge in [0.2, 0.25) is 11.8 Å². The van der Waals surface area contributed by atoms with Crippen molar-refractivity contribution in [2.45, 2.75) is 6.42 Å². The topological polar surface area (TPSA) is 74.7 Å². The number of carboxylic acid groups (broad SMARTS) is 1. The summed E-state index contributed by atoms with van der Waals surface area (Å²) in [4.78, 5) is 36.4. The Bertz CT molecular complexity index is 623. The molecule has 2 fully saturated rings. The molecule has 2 aliphatic rings. The predicted octanol–water partition coefficient (Wildman–Crippen LogP) is 2.42. The highest BCUT2D eigenvalue weighted by atomic mass is 79.9. The fraction of sp³-hybridized carbons (Fsp3) is 0.250. The van der Waals surface area contributed by atoms with E-state index in [2.05, 4.69) is 31.9 Å². The van der Waals surface area contributed by atoms with Crippen molar-refractivity contribution in [2.75, 3.05) is 4.90 Å². The standard InChI is InChI=1S/C12H7Br2NO4/c13-4-1-7(12(18)19)9(8(14)2-4)15-10(16)5-3-6(5)11(15)17/h1-2,5-6H,3H2,(H,18,19). The Morgan fingerprint density at radius 1 is 1.21 bits per heavy atom. The molecule has 3 rings (SSSR count). The van der Waals surface area contributed by atoms with E-state index in [0.29, 0.717) is 15.4 Å². The summed E-state index contributed by atoms with van der Waals surface area (Å²) >= 11 is 6.42. The van der Waals surface area contributed by atoms with Gasteiger partial charge in [-0.25, -0.2) is 9.69 Å². The quantitative estimate of drug-likeness (QED) is 0.789. The average molecular weight is 389 g/mol. The van der Waals surface area contributed by atoms with Crippen molar-refractivity contribution in [3.05, 3.63) is 26.6 Å². The van der Waals surface area contributed by atoms with Crippen LogP contribution in [0.5, 0.6) is 0 Å². The van der Waals surface area contributed by atoms with E-state index in [1.54, 1.807) is 6.07 Å². The Labute approximate surface area is 124 Å². The molecule has 19 heavy (non-hydrogen) atoms. The van der Waals surface area contributed by atoms with E-state index in [1.165, 1.54) is 6.07 Å². The molecule has 0 radical (unpaired) electrons. The number of hydrogen-bond donors (Lipinski definition) is 1. The summed E-state index contributed by atoms with van der Waals surface area (Å²) in [7, 11) is 0. The van der Waals surface area contributed by atoms with Crippen LogP contribution in [0.15, 0.2) is 21.1 Å². The van der Waals surface area contributed by atoms with E-state index in [0.717, 1.165) is 4.90 Å². The van der Waals surface area contributed by atoms with Gasteiger partial charge in [-0.2, -0.15) is 0 Å².